The van der Waals surface area contributed by atoms with Crippen molar-refractivity contribution in [3.05, 3.63) is 29.3 Å². The van der Waals surface area contributed by atoms with Gasteiger partial charge in [0.25, 0.3) is 0 Å². The molecule has 0 radical (unpaired) electrons. The molecule has 1 N–H and O–H groups in total. The minimum absolute atomic E-state index is 0.196. The van der Waals surface area contributed by atoms with Crippen molar-refractivity contribution in [2.24, 2.45) is 0 Å². The van der Waals surface area contributed by atoms with Crippen LogP contribution in [-0.2, 0) is 11.3 Å². The van der Waals surface area contributed by atoms with Crippen molar-refractivity contribution in [2.75, 3.05) is 39.8 Å². The Labute approximate surface area is 168 Å². The number of rotatable bonds is 5. The lowest BCUT2D eigenvalue weighted by Gasteiger charge is -2.44. The summed E-state index contributed by atoms with van der Waals surface area (Å²) in [5.41, 5.74) is 2.04. The predicted molar refractivity (Wildman–Crippen MR) is 110 cm³/mol. The highest BCUT2D eigenvalue weighted by Gasteiger charge is 2.41. The van der Waals surface area contributed by atoms with Crippen molar-refractivity contribution in [3.63, 3.8) is 0 Å². The number of carbonyl (C=O) groups excluding carboxylic acids is 1. The van der Waals surface area contributed by atoms with E-state index < -0.39 is 5.60 Å². The Morgan fingerprint density at radius 1 is 1.18 bits per heavy atom. The van der Waals surface area contributed by atoms with Crippen LogP contribution >= 0.6 is 0 Å². The molecule has 0 aromatic heterocycles. The molecule has 1 aromatic rings. The number of likely N-dealkylation sites (N-methyl/N-ethyl adjacent to an activating group) is 1. The van der Waals surface area contributed by atoms with E-state index in [1.54, 1.807) is 0 Å². The van der Waals surface area contributed by atoms with Gasteiger partial charge in [-0.25, -0.2) is 0 Å². The summed E-state index contributed by atoms with van der Waals surface area (Å²) in [6.45, 7) is 5.07. The van der Waals surface area contributed by atoms with Crippen LogP contribution in [0.15, 0.2) is 18.2 Å². The van der Waals surface area contributed by atoms with Crippen molar-refractivity contribution in [3.8, 4) is 5.75 Å². The lowest BCUT2D eigenvalue weighted by atomic mass is 9.70. The average Bonchev–Trinajstić information content (AvgIpc) is 2.69. The first-order chi connectivity index (χ1) is 13.5. The SMILES string of the molecule is CN1Cc2cc(OCCN3CCC(=O)CC3)ccc2C(C2(O)CCCCC2)C1. The van der Waals surface area contributed by atoms with Crippen LogP contribution in [0.25, 0.3) is 0 Å². The lowest BCUT2D eigenvalue weighted by molar-refractivity contribution is -0.121. The van der Waals surface area contributed by atoms with Crippen LogP contribution < -0.4 is 4.74 Å². The van der Waals surface area contributed by atoms with Crippen molar-refractivity contribution >= 4 is 5.78 Å². The van der Waals surface area contributed by atoms with Crippen molar-refractivity contribution in [1.29, 1.82) is 0 Å². The molecule has 28 heavy (non-hydrogen) atoms. The zero-order chi connectivity index (χ0) is 19.6. The number of nitrogens with zero attached hydrogens (tertiary/aromatic N) is 2. The number of aliphatic hydroxyl groups is 1. The molecule has 4 rings (SSSR count). The molecule has 1 aliphatic carbocycles. The highest BCUT2D eigenvalue weighted by molar-refractivity contribution is 5.79. The molecule has 0 spiro atoms. The minimum Gasteiger partial charge on any atom is -0.492 e. The Hall–Kier alpha value is -1.43. The number of ether oxygens (including phenoxy) is 1. The number of likely N-dealkylation sites (tertiary alicyclic amines) is 1. The lowest BCUT2D eigenvalue weighted by Crippen LogP contribution is -2.46. The van der Waals surface area contributed by atoms with Gasteiger partial charge in [-0.3, -0.25) is 9.69 Å². The number of ketones is 1. The Bertz CT molecular complexity index is 689. The van der Waals surface area contributed by atoms with Gasteiger partial charge in [-0.1, -0.05) is 25.3 Å². The van der Waals surface area contributed by atoms with Gasteiger partial charge in [0.15, 0.2) is 0 Å². The Morgan fingerprint density at radius 3 is 2.68 bits per heavy atom. The molecule has 0 amide bonds. The molecule has 1 saturated carbocycles. The van der Waals surface area contributed by atoms with Crippen LogP contribution in [0, 0.1) is 0 Å². The van der Waals surface area contributed by atoms with Gasteiger partial charge >= 0.3 is 0 Å². The second-order valence-corrected chi connectivity index (χ2v) is 9.00. The number of fused-ring (bicyclic) bond motifs is 1. The largest absolute Gasteiger partial charge is 0.492 e. The molecule has 5 heteroatoms. The number of benzene rings is 1. The van der Waals surface area contributed by atoms with Gasteiger partial charge in [-0.15, -0.1) is 0 Å². The van der Waals surface area contributed by atoms with Crippen molar-refractivity contribution < 1.29 is 14.6 Å². The van der Waals surface area contributed by atoms with E-state index >= 15 is 0 Å². The Kier molecular flexibility index (Phi) is 6.04. The van der Waals surface area contributed by atoms with E-state index in [0.717, 1.165) is 64.2 Å². The average molecular weight is 387 g/mol. The van der Waals surface area contributed by atoms with Crippen LogP contribution in [0.3, 0.4) is 0 Å². The monoisotopic (exact) mass is 386 g/mol. The van der Waals surface area contributed by atoms with E-state index in [4.69, 9.17) is 4.74 Å². The molecule has 1 saturated heterocycles. The third kappa shape index (κ3) is 4.42. The third-order valence-electron chi connectivity index (χ3n) is 6.88. The smallest absolute Gasteiger partial charge is 0.135 e. The number of piperidine rings is 1. The highest BCUT2D eigenvalue weighted by Crippen LogP contribution is 2.44. The van der Waals surface area contributed by atoms with Gasteiger partial charge in [0.05, 0.1) is 5.60 Å². The van der Waals surface area contributed by atoms with Crippen LogP contribution in [-0.4, -0.2) is 66.1 Å². The number of Topliss-reactive ketones (excluding diaryl/α,β-unsaturated/α-hetero) is 1. The summed E-state index contributed by atoms with van der Waals surface area (Å²) < 4.78 is 6.04. The number of carbonyl (C=O) groups is 1. The molecule has 154 valence electrons. The molecular weight excluding hydrogens is 352 g/mol. The quantitative estimate of drug-likeness (QED) is 0.843. The van der Waals surface area contributed by atoms with E-state index in [2.05, 4.69) is 35.0 Å². The second-order valence-electron chi connectivity index (χ2n) is 9.00. The summed E-state index contributed by atoms with van der Waals surface area (Å²) in [6.07, 6.45) is 6.70. The summed E-state index contributed by atoms with van der Waals surface area (Å²) in [7, 11) is 2.15. The molecule has 0 bridgehead atoms. The van der Waals surface area contributed by atoms with Gasteiger partial charge in [0.1, 0.15) is 18.1 Å². The first-order valence-electron chi connectivity index (χ1n) is 10.9. The second kappa shape index (κ2) is 8.52. The predicted octanol–water partition coefficient (Wildman–Crippen LogP) is 2.95. The molecule has 5 nitrogen and oxygen atoms in total. The molecule has 1 atom stereocenters. The van der Waals surface area contributed by atoms with E-state index in [1.165, 1.54) is 17.5 Å². The molecule has 2 fully saturated rings. The Morgan fingerprint density at radius 2 is 1.93 bits per heavy atom. The third-order valence-corrected chi connectivity index (χ3v) is 6.88. The molecule has 3 aliphatic rings. The van der Waals surface area contributed by atoms with Crippen LogP contribution in [0.4, 0.5) is 0 Å². The molecular formula is C23H34N2O3. The zero-order valence-corrected chi connectivity index (χ0v) is 17.2. The summed E-state index contributed by atoms with van der Waals surface area (Å²) in [4.78, 5) is 16.0. The molecule has 1 unspecified atom stereocenters. The van der Waals surface area contributed by atoms with Crippen molar-refractivity contribution in [1.82, 2.24) is 9.80 Å². The number of hydrogen-bond acceptors (Lipinski definition) is 5. The maximum Gasteiger partial charge on any atom is 0.135 e. The summed E-state index contributed by atoms with van der Waals surface area (Å²) in [5, 5.41) is 11.3. The van der Waals surface area contributed by atoms with E-state index in [1.807, 2.05) is 0 Å². The van der Waals surface area contributed by atoms with E-state index in [0.29, 0.717) is 25.2 Å². The summed E-state index contributed by atoms with van der Waals surface area (Å²) in [5.74, 6) is 1.49. The van der Waals surface area contributed by atoms with Gasteiger partial charge in [-0.05, 0) is 43.1 Å². The van der Waals surface area contributed by atoms with Crippen molar-refractivity contribution in [2.45, 2.75) is 63.0 Å². The minimum atomic E-state index is -0.560. The summed E-state index contributed by atoms with van der Waals surface area (Å²) in [6, 6.07) is 6.43. The first-order valence-corrected chi connectivity index (χ1v) is 10.9. The fraction of sp³-hybridized carbons (Fsp3) is 0.696. The normalized spacial score (nSPS) is 26.1. The number of hydrogen-bond donors (Lipinski definition) is 1. The fourth-order valence-electron chi connectivity index (χ4n) is 5.20. The van der Waals surface area contributed by atoms with Gasteiger partial charge in [0.2, 0.25) is 0 Å². The topological polar surface area (TPSA) is 53.0 Å². The Balaban J connectivity index is 1.41. The maximum atomic E-state index is 11.4. The summed E-state index contributed by atoms with van der Waals surface area (Å²) >= 11 is 0. The van der Waals surface area contributed by atoms with Gasteiger partial charge in [-0.2, -0.15) is 0 Å². The molecule has 2 aliphatic heterocycles. The molecule has 2 heterocycles. The molecule has 1 aromatic carbocycles. The highest BCUT2D eigenvalue weighted by atomic mass is 16.5. The zero-order valence-electron chi connectivity index (χ0n) is 17.2. The maximum absolute atomic E-state index is 11.4. The first kappa shape index (κ1) is 19.9. The standard InChI is InChI=1S/C23H34N2O3/c1-24-16-18-15-20(28-14-13-25-11-7-19(26)8-12-25)5-6-21(18)22(17-24)23(27)9-3-2-4-10-23/h5-6,15,22,27H,2-4,7-14,16-17H2,1H3. The van der Waals surface area contributed by atoms with Crippen LogP contribution in [0.2, 0.25) is 0 Å². The van der Waals surface area contributed by atoms with Crippen LogP contribution in [0.5, 0.6) is 5.75 Å². The van der Waals surface area contributed by atoms with Gasteiger partial charge in [0, 0.05) is 51.5 Å². The van der Waals surface area contributed by atoms with Gasteiger partial charge < -0.3 is 14.7 Å². The van der Waals surface area contributed by atoms with E-state index in [-0.39, 0.29) is 5.92 Å². The van der Waals surface area contributed by atoms with E-state index in [9.17, 15) is 9.90 Å². The van der Waals surface area contributed by atoms with Crippen LogP contribution in [0.1, 0.15) is 62.0 Å². The fourth-order valence-corrected chi connectivity index (χ4v) is 5.20.